The topological polar surface area (TPSA) is 15.3 Å². The van der Waals surface area contributed by atoms with Crippen molar-refractivity contribution in [3.05, 3.63) is 0 Å². The fraction of sp³-hybridized carbons (Fsp3) is 1.00. The first-order chi connectivity index (χ1) is 10.7. The number of nitrogens with one attached hydrogen (secondary N) is 1. The molecule has 0 radical (unpaired) electrons. The lowest BCUT2D eigenvalue weighted by Gasteiger charge is -2.54. The second kappa shape index (κ2) is 7.66. The van der Waals surface area contributed by atoms with Crippen LogP contribution in [0.4, 0.5) is 0 Å². The lowest BCUT2D eigenvalue weighted by molar-refractivity contribution is -0.0400. The second-order valence-corrected chi connectivity index (χ2v) is 8.67. The Bertz CT molecular complexity index is 317. The molecule has 128 valence electrons. The maximum Gasteiger partial charge on any atom is 0.00671 e. The monoisotopic (exact) mass is 306 g/mol. The zero-order chi connectivity index (χ0) is 15.4. The normalized spacial score (nSPS) is 33.0. The van der Waals surface area contributed by atoms with Crippen molar-refractivity contribution in [2.75, 3.05) is 26.2 Å². The van der Waals surface area contributed by atoms with E-state index in [1.807, 2.05) is 0 Å². The van der Waals surface area contributed by atoms with Gasteiger partial charge in [-0.2, -0.15) is 0 Å². The highest BCUT2D eigenvalue weighted by atomic mass is 15.2. The molecular weight excluding hydrogens is 268 g/mol. The quantitative estimate of drug-likeness (QED) is 0.780. The molecule has 0 unspecified atom stereocenters. The molecule has 0 atom stereocenters. The molecule has 0 aromatic carbocycles. The molecule has 3 rings (SSSR count). The van der Waals surface area contributed by atoms with Crippen molar-refractivity contribution in [1.29, 1.82) is 0 Å². The number of hydrogen-bond acceptors (Lipinski definition) is 2. The van der Waals surface area contributed by atoms with Crippen LogP contribution in [0.2, 0.25) is 0 Å². The van der Waals surface area contributed by atoms with Gasteiger partial charge in [-0.3, -0.25) is 0 Å². The summed E-state index contributed by atoms with van der Waals surface area (Å²) in [6.07, 6.45) is 14.9. The van der Waals surface area contributed by atoms with Crippen molar-refractivity contribution in [2.24, 2.45) is 17.3 Å². The lowest BCUT2D eigenvalue weighted by atomic mass is 9.64. The van der Waals surface area contributed by atoms with Gasteiger partial charge < -0.3 is 10.2 Å². The van der Waals surface area contributed by atoms with E-state index >= 15 is 0 Å². The highest BCUT2D eigenvalue weighted by molar-refractivity contribution is 4.97. The lowest BCUT2D eigenvalue weighted by Crippen LogP contribution is -2.57. The first-order valence-electron chi connectivity index (χ1n) is 10.2. The number of hydrogen-bond donors (Lipinski definition) is 1. The van der Waals surface area contributed by atoms with E-state index in [1.165, 1.54) is 77.4 Å². The minimum atomic E-state index is 0.758. The summed E-state index contributed by atoms with van der Waals surface area (Å²) in [5.74, 6) is 2.11. The van der Waals surface area contributed by atoms with Crippen LogP contribution in [0.3, 0.4) is 0 Å². The maximum atomic E-state index is 3.64. The highest BCUT2D eigenvalue weighted by Crippen LogP contribution is 2.47. The summed E-state index contributed by atoms with van der Waals surface area (Å²) >= 11 is 0. The molecule has 2 heteroatoms. The molecule has 2 aliphatic carbocycles. The van der Waals surface area contributed by atoms with Gasteiger partial charge in [0.2, 0.25) is 0 Å². The van der Waals surface area contributed by atoms with Crippen LogP contribution < -0.4 is 5.32 Å². The Morgan fingerprint density at radius 1 is 0.909 bits per heavy atom. The van der Waals surface area contributed by atoms with Crippen molar-refractivity contribution in [2.45, 2.75) is 84.1 Å². The van der Waals surface area contributed by atoms with E-state index in [-0.39, 0.29) is 0 Å². The maximum absolute atomic E-state index is 3.64. The van der Waals surface area contributed by atoms with Gasteiger partial charge in [-0.15, -0.1) is 0 Å². The van der Waals surface area contributed by atoms with Gasteiger partial charge in [0, 0.05) is 19.1 Å². The van der Waals surface area contributed by atoms with Gasteiger partial charge >= 0.3 is 0 Å². The smallest absolute Gasteiger partial charge is 0.00671 e. The predicted octanol–water partition coefficient (Wildman–Crippen LogP) is 4.45. The zero-order valence-corrected chi connectivity index (χ0v) is 15.1. The van der Waals surface area contributed by atoms with E-state index in [1.54, 1.807) is 6.42 Å². The van der Waals surface area contributed by atoms with E-state index in [2.05, 4.69) is 24.1 Å². The van der Waals surface area contributed by atoms with Crippen molar-refractivity contribution in [1.82, 2.24) is 10.2 Å². The molecule has 3 fully saturated rings. The van der Waals surface area contributed by atoms with Crippen molar-refractivity contribution in [3.8, 4) is 0 Å². The minimum absolute atomic E-state index is 0.758. The molecule has 1 spiro atoms. The Labute approximate surface area is 138 Å². The average Bonchev–Trinajstić information content (AvgIpc) is 2.50. The standard InChI is InChI=1S/C20H38N2/c1-3-13-22-15-20(16-22)11-9-18(10-12-20)14-17-5-7-19(8-6-17)21-4-2/h17-19,21H,3-16H2,1-2H3. The Hall–Kier alpha value is -0.0800. The first-order valence-corrected chi connectivity index (χ1v) is 10.2. The number of rotatable bonds is 6. The van der Waals surface area contributed by atoms with Gasteiger partial charge in [0.25, 0.3) is 0 Å². The summed E-state index contributed by atoms with van der Waals surface area (Å²) in [6, 6.07) is 0.829. The van der Waals surface area contributed by atoms with Crippen LogP contribution >= 0.6 is 0 Å². The van der Waals surface area contributed by atoms with Crippen LogP contribution in [-0.4, -0.2) is 37.1 Å². The Kier molecular flexibility index (Phi) is 5.84. The molecule has 3 aliphatic rings. The summed E-state index contributed by atoms with van der Waals surface area (Å²) in [4.78, 5) is 2.68. The third kappa shape index (κ3) is 4.06. The van der Waals surface area contributed by atoms with Crippen LogP contribution in [0.15, 0.2) is 0 Å². The van der Waals surface area contributed by atoms with E-state index in [9.17, 15) is 0 Å². The van der Waals surface area contributed by atoms with Gasteiger partial charge in [0.15, 0.2) is 0 Å². The number of likely N-dealkylation sites (tertiary alicyclic amines) is 1. The van der Waals surface area contributed by atoms with Gasteiger partial charge in [-0.1, -0.05) is 13.8 Å². The fourth-order valence-corrected chi connectivity index (χ4v) is 5.58. The number of nitrogens with zero attached hydrogens (tertiary/aromatic N) is 1. The summed E-state index contributed by atoms with van der Waals surface area (Å²) < 4.78 is 0. The van der Waals surface area contributed by atoms with Crippen LogP contribution in [-0.2, 0) is 0 Å². The van der Waals surface area contributed by atoms with Crippen LogP contribution in [0, 0.1) is 17.3 Å². The molecule has 2 nitrogen and oxygen atoms in total. The van der Waals surface area contributed by atoms with Crippen LogP contribution in [0.1, 0.15) is 78.1 Å². The van der Waals surface area contributed by atoms with Gasteiger partial charge in [-0.05, 0) is 94.5 Å². The summed E-state index contributed by atoms with van der Waals surface area (Å²) in [5.41, 5.74) is 0.758. The molecule has 0 aromatic heterocycles. The van der Waals surface area contributed by atoms with Crippen LogP contribution in [0.25, 0.3) is 0 Å². The molecule has 1 saturated heterocycles. The fourth-order valence-electron chi connectivity index (χ4n) is 5.58. The Morgan fingerprint density at radius 3 is 2.14 bits per heavy atom. The van der Waals surface area contributed by atoms with Gasteiger partial charge in [0.1, 0.15) is 0 Å². The second-order valence-electron chi connectivity index (χ2n) is 8.67. The molecule has 1 heterocycles. The molecule has 1 N–H and O–H groups in total. The zero-order valence-electron chi connectivity index (χ0n) is 15.1. The van der Waals surface area contributed by atoms with Crippen molar-refractivity contribution < 1.29 is 0 Å². The largest absolute Gasteiger partial charge is 0.314 e. The van der Waals surface area contributed by atoms with E-state index in [4.69, 9.17) is 0 Å². The van der Waals surface area contributed by atoms with E-state index < -0.39 is 0 Å². The molecule has 2 saturated carbocycles. The molecule has 0 bridgehead atoms. The molecule has 0 aromatic rings. The van der Waals surface area contributed by atoms with Gasteiger partial charge in [0.05, 0.1) is 0 Å². The average molecular weight is 307 g/mol. The molecule has 1 aliphatic heterocycles. The van der Waals surface area contributed by atoms with E-state index in [0.717, 1.165) is 29.8 Å². The first kappa shape index (κ1) is 16.8. The molecule has 0 amide bonds. The van der Waals surface area contributed by atoms with Crippen molar-refractivity contribution in [3.63, 3.8) is 0 Å². The van der Waals surface area contributed by atoms with Crippen LogP contribution in [0.5, 0.6) is 0 Å². The Balaban J connectivity index is 1.33. The summed E-state index contributed by atoms with van der Waals surface area (Å²) in [5, 5.41) is 3.64. The van der Waals surface area contributed by atoms with E-state index in [0.29, 0.717) is 0 Å². The summed E-state index contributed by atoms with van der Waals surface area (Å²) in [7, 11) is 0. The highest BCUT2D eigenvalue weighted by Gasteiger charge is 2.44. The summed E-state index contributed by atoms with van der Waals surface area (Å²) in [6.45, 7) is 9.87. The third-order valence-electron chi connectivity index (χ3n) is 6.83. The SMILES string of the molecule is CCCN1CC2(CCC(CC3CCC(NCC)CC3)CC2)C1. The van der Waals surface area contributed by atoms with Crippen molar-refractivity contribution >= 4 is 0 Å². The molecule has 22 heavy (non-hydrogen) atoms. The Morgan fingerprint density at radius 2 is 1.55 bits per heavy atom. The predicted molar refractivity (Wildman–Crippen MR) is 95.2 cm³/mol. The molecular formula is C20H38N2. The minimum Gasteiger partial charge on any atom is -0.314 e. The van der Waals surface area contributed by atoms with Gasteiger partial charge in [-0.25, -0.2) is 0 Å². The third-order valence-corrected chi connectivity index (χ3v) is 6.83.